The molecule has 0 aliphatic carbocycles. The first-order valence-electron chi connectivity index (χ1n) is 15.3. The van der Waals surface area contributed by atoms with Gasteiger partial charge < -0.3 is 24.3 Å². The molecule has 0 unspecified atom stereocenters. The molecule has 10 nitrogen and oxygen atoms in total. The molecule has 240 valence electrons. The van der Waals surface area contributed by atoms with Crippen molar-refractivity contribution in [2.45, 2.75) is 30.8 Å². The van der Waals surface area contributed by atoms with E-state index >= 15 is 0 Å². The van der Waals surface area contributed by atoms with Crippen molar-refractivity contribution in [3.05, 3.63) is 158 Å². The Hall–Kier alpha value is -5.45. The molecule has 0 bridgehead atoms. The van der Waals surface area contributed by atoms with Crippen LogP contribution in [0.1, 0.15) is 46.1 Å². The van der Waals surface area contributed by atoms with Gasteiger partial charge in [0.25, 0.3) is 11.5 Å². The summed E-state index contributed by atoms with van der Waals surface area (Å²) in [7, 11) is 3.25. The molecule has 1 amide bonds. The van der Waals surface area contributed by atoms with Crippen LogP contribution in [0.3, 0.4) is 0 Å². The number of hydrogen-bond donors (Lipinski definition) is 2. The van der Waals surface area contributed by atoms with E-state index < -0.39 is 29.0 Å². The molecular formula is C37H35N3O7. The van der Waals surface area contributed by atoms with E-state index in [0.717, 1.165) is 28.2 Å². The zero-order valence-electron chi connectivity index (χ0n) is 26.1. The summed E-state index contributed by atoms with van der Waals surface area (Å²) in [5.74, 6) is 0.807. The quantitative estimate of drug-likeness (QED) is 0.185. The monoisotopic (exact) mass is 633 g/mol. The van der Waals surface area contributed by atoms with Gasteiger partial charge >= 0.3 is 5.69 Å². The zero-order valence-corrected chi connectivity index (χ0v) is 26.1. The zero-order chi connectivity index (χ0) is 32.8. The molecule has 2 heterocycles. The van der Waals surface area contributed by atoms with Gasteiger partial charge in [0.1, 0.15) is 28.9 Å². The van der Waals surface area contributed by atoms with Gasteiger partial charge in [0.05, 0.1) is 26.9 Å². The van der Waals surface area contributed by atoms with E-state index in [4.69, 9.17) is 18.9 Å². The summed E-state index contributed by atoms with van der Waals surface area (Å²) in [6.07, 6.45) is 1.22. The average molecular weight is 634 g/mol. The first-order chi connectivity index (χ1) is 22.9. The summed E-state index contributed by atoms with van der Waals surface area (Å²) >= 11 is 0. The molecule has 1 saturated heterocycles. The molecule has 0 spiro atoms. The van der Waals surface area contributed by atoms with Crippen molar-refractivity contribution in [1.29, 1.82) is 0 Å². The van der Waals surface area contributed by atoms with Crippen LogP contribution in [0.25, 0.3) is 0 Å². The Morgan fingerprint density at radius 2 is 1.36 bits per heavy atom. The van der Waals surface area contributed by atoms with Crippen LogP contribution in [0.2, 0.25) is 0 Å². The third kappa shape index (κ3) is 6.60. The van der Waals surface area contributed by atoms with Crippen LogP contribution >= 0.6 is 0 Å². The van der Waals surface area contributed by atoms with Crippen molar-refractivity contribution in [2.75, 3.05) is 26.1 Å². The normalized spacial score (nSPS) is 16.0. The van der Waals surface area contributed by atoms with E-state index in [2.05, 4.69) is 10.3 Å². The fraction of sp³-hybridized carbons (Fsp3) is 0.216. The number of carbonyl (C=O) groups excluding carboxylic acids is 1. The van der Waals surface area contributed by atoms with Gasteiger partial charge in [-0.25, -0.2) is 4.79 Å². The summed E-state index contributed by atoms with van der Waals surface area (Å²) in [6.45, 7) is 0.183. The smallest absolute Gasteiger partial charge is 0.330 e. The van der Waals surface area contributed by atoms with Crippen molar-refractivity contribution >= 4 is 11.6 Å². The maximum atomic E-state index is 13.0. The molecule has 47 heavy (non-hydrogen) atoms. The largest absolute Gasteiger partial charge is 0.497 e. The van der Waals surface area contributed by atoms with Gasteiger partial charge in [-0.3, -0.25) is 19.1 Å². The second kappa shape index (κ2) is 13.9. The molecule has 0 radical (unpaired) electrons. The maximum absolute atomic E-state index is 13.0. The minimum absolute atomic E-state index is 0.183. The van der Waals surface area contributed by atoms with E-state index in [-0.39, 0.29) is 18.3 Å². The third-order valence-corrected chi connectivity index (χ3v) is 8.30. The number of rotatable bonds is 11. The number of benzene rings is 4. The highest BCUT2D eigenvalue weighted by molar-refractivity contribution is 6.03. The molecule has 5 aromatic rings. The van der Waals surface area contributed by atoms with Gasteiger partial charge in [0, 0.05) is 11.9 Å². The summed E-state index contributed by atoms with van der Waals surface area (Å²) in [6, 6.07) is 34.2. The number of hydrogen-bond acceptors (Lipinski definition) is 7. The molecule has 4 aromatic carbocycles. The molecule has 6 rings (SSSR count). The highest BCUT2D eigenvalue weighted by Crippen LogP contribution is 2.42. The van der Waals surface area contributed by atoms with Crippen molar-refractivity contribution in [2.24, 2.45) is 0 Å². The molecule has 10 heteroatoms. The lowest BCUT2D eigenvalue weighted by atomic mass is 9.80. The van der Waals surface area contributed by atoms with Crippen LogP contribution < -0.4 is 26.0 Å². The van der Waals surface area contributed by atoms with Gasteiger partial charge in [-0.05, 0) is 65.9 Å². The Bertz CT molecular complexity index is 1870. The Morgan fingerprint density at radius 1 is 0.809 bits per heavy atom. The van der Waals surface area contributed by atoms with Crippen molar-refractivity contribution in [3.8, 4) is 11.5 Å². The summed E-state index contributed by atoms with van der Waals surface area (Å²) in [5, 5.41) is 2.69. The summed E-state index contributed by atoms with van der Waals surface area (Å²) in [4.78, 5) is 40.7. The van der Waals surface area contributed by atoms with Gasteiger partial charge in [-0.1, -0.05) is 72.8 Å². The minimum atomic E-state index is -1.03. The second-order valence-corrected chi connectivity index (χ2v) is 11.1. The number of carbonyl (C=O) groups is 1. The SMILES string of the molecule is COc1ccc(C(OC[C@H]2CC[C@H](n3cc(C(=O)Nc4ccccc4)c(=O)[nH]c3=O)O2)(c2ccccc2)c2ccc(OC)cc2)cc1. The Morgan fingerprint density at radius 3 is 1.94 bits per heavy atom. The molecule has 2 atom stereocenters. The maximum Gasteiger partial charge on any atom is 0.330 e. The average Bonchev–Trinajstić information content (AvgIpc) is 3.58. The number of H-pyrrole nitrogens is 1. The number of ether oxygens (including phenoxy) is 4. The molecule has 1 fully saturated rings. The van der Waals surface area contributed by atoms with Crippen LogP contribution in [0, 0.1) is 0 Å². The number of nitrogens with zero attached hydrogens (tertiary/aromatic N) is 1. The number of amides is 1. The molecule has 1 aliphatic rings. The van der Waals surface area contributed by atoms with E-state index in [9.17, 15) is 14.4 Å². The highest BCUT2D eigenvalue weighted by atomic mass is 16.6. The number of anilines is 1. The van der Waals surface area contributed by atoms with E-state index in [1.807, 2.05) is 84.9 Å². The number of methoxy groups -OCH3 is 2. The Labute approximate surface area is 271 Å². The van der Waals surface area contributed by atoms with Crippen molar-refractivity contribution in [3.63, 3.8) is 0 Å². The molecule has 2 N–H and O–H groups in total. The molecule has 0 saturated carbocycles. The lowest BCUT2D eigenvalue weighted by Gasteiger charge is -2.37. The second-order valence-electron chi connectivity index (χ2n) is 11.1. The first kappa shape index (κ1) is 31.5. The fourth-order valence-electron chi connectivity index (χ4n) is 5.89. The lowest BCUT2D eigenvalue weighted by Crippen LogP contribution is -2.37. The number of para-hydroxylation sites is 1. The molecule has 1 aliphatic heterocycles. The predicted molar refractivity (Wildman–Crippen MR) is 177 cm³/mol. The Kier molecular flexibility index (Phi) is 9.32. The van der Waals surface area contributed by atoms with Crippen molar-refractivity contribution < 1.29 is 23.7 Å². The molecular weight excluding hydrogens is 598 g/mol. The van der Waals surface area contributed by atoms with Gasteiger partial charge in [-0.15, -0.1) is 0 Å². The summed E-state index contributed by atoms with van der Waals surface area (Å²) < 4.78 is 25.4. The van der Waals surface area contributed by atoms with Crippen LogP contribution in [0.4, 0.5) is 5.69 Å². The van der Waals surface area contributed by atoms with Crippen LogP contribution in [-0.4, -0.2) is 42.4 Å². The third-order valence-electron chi connectivity index (χ3n) is 8.30. The predicted octanol–water partition coefficient (Wildman–Crippen LogP) is 5.49. The summed E-state index contributed by atoms with van der Waals surface area (Å²) in [5.41, 5.74) is 0.551. The number of aromatic amines is 1. The van der Waals surface area contributed by atoms with E-state index in [1.54, 1.807) is 38.5 Å². The van der Waals surface area contributed by atoms with Crippen molar-refractivity contribution in [1.82, 2.24) is 9.55 Å². The van der Waals surface area contributed by atoms with Gasteiger partial charge in [0.2, 0.25) is 0 Å². The first-order valence-corrected chi connectivity index (χ1v) is 15.3. The van der Waals surface area contributed by atoms with Gasteiger partial charge in [0.15, 0.2) is 0 Å². The fourth-order valence-corrected chi connectivity index (χ4v) is 5.89. The number of aromatic nitrogens is 2. The Balaban J connectivity index is 1.29. The van der Waals surface area contributed by atoms with Crippen LogP contribution in [0.15, 0.2) is 125 Å². The highest BCUT2D eigenvalue weighted by Gasteiger charge is 2.40. The topological polar surface area (TPSA) is 121 Å². The van der Waals surface area contributed by atoms with E-state index in [0.29, 0.717) is 18.5 Å². The van der Waals surface area contributed by atoms with Gasteiger partial charge in [-0.2, -0.15) is 0 Å². The minimum Gasteiger partial charge on any atom is -0.497 e. The number of nitrogens with one attached hydrogen (secondary N) is 2. The standard InChI is InChI=1S/C37H35N3O7/c1-44-29-17-13-26(14-18-29)37(25-9-5-3-6-10-25,27-15-19-30(45-2)20-16-27)46-24-31-21-22-33(47-31)40-23-32(35(42)39-36(40)43)34(41)38-28-11-7-4-8-12-28/h3-20,23,31,33H,21-22,24H2,1-2H3,(H,38,41)(H,39,42,43)/t31-,33-/m1/s1. The van der Waals surface area contributed by atoms with E-state index in [1.165, 1.54) is 10.8 Å². The molecule has 1 aromatic heterocycles. The lowest BCUT2D eigenvalue weighted by molar-refractivity contribution is -0.0774. The van der Waals surface area contributed by atoms with Crippen LogP contribution in [-0.2, 0) is 15.1 Å². The van der Waals surface area contributed by atoms with Crippen LogP contribution in [0.5, 0.6) is 11.5 Å².